The third-order valence-corrected chi connectivity index (χ3v) is 2.67. The van der Waals surface area contributed by atoms with Crippen molar-refractivity contribution >= 4 is 16.9 Å². The van der Waals surface area contributed by atoms with Crippen molar-refractivity contribution in [3.63, 3.8) is 0 Å². The molecule has 0 aliphatic heterocycles. The Labute approximate surface area is 115 Å². The summed E-state index contributed by atoms with van der Waals surface area (Å²) < 4.78 is 10.0. The summed E-state index contributed by atoms with van der Waals surface area (Å²) in [4.78, 5) is 22.8. The summed E-state index contributed by atoms with van der Waals surface area (Å²) in [5, 5.41) is 9.99. The zero-order chi connectivity index (χ0) is 14.5. The Balaban J connectivity index is 2.28. The van der Waals surface area contributed by atoms with E-state index in [9.17, 15) is 14.7 Å². The van der Waals surface area contributed by atoms with Gasteiger partial charge in [-0.25, -0.2) is 9.59 Å². The predicted octanol–water partition coefficient (Wildman–Crippen LogP) is 2.51. The van der Waals surface area contributed by atoms with Crippen molar-refractivity contribution in [1.29, 1.82) is 0 Å². The monoisotopic (exact) mass is 274 g/mol. The van der Waals surface area contributed by atoms with Gasteiger partial charge in [-0.15, -0.1) is 0 Å². The minimum absolute atomic E-state index is 0.000624. The Morgan fingerprint density at radius 1 is 1.40 bits per heavy atom. The first-order valence-electron chi connectivity index (χ1n) is 6.19. The first kappa shape index (κ1) is 13.9. The number of ether oxygens (including phenoxy) is 1. The highest BCUT2D eigenvalue weighted by molar-refractivity contribution is 5.83. The third kappa shape index (κ3) is 3.26. The molecule has 0 aliphatic rings. The van der Waals surface area contributed by atoms with Crippen LogP contribution < -0.4 is 5.63 Å². The van der Waals surface area contributed by atoms with Crippen molar-refractivity contribution in [2.24, 2.45) is 0 Å². The summed E-state index contributed by atoms with van der Waals surface area (Å²) >= 11 is 0. The number of fused-ring (bicyclic) bond motifs is 1. The number of phenols is 1. The van der Waals surface area contributed by atoms with Gasteiger partial charge in [0.2, 0.25) is 0 Å². The van der Waals surface area contributed by atoms with Crippen molar-refractivity contribution < 1.29 is 19.1 Å². The number of hydrogen-bond acceptors (Lipinski definition) is 5. The topological polar surface area (TPSA) is 76.7 Å². The molecule has 1 aromatic heterocycles. The molecule has 0 fully saturated rings. The van der Waals surface area contributed by atoms with Gasteiger partial charge >= 0.3 is 11.6 Å². The summed E-state index contributed by atoms with van der Waals surface area (Å²) in [6, 6.07) is 5.71. The molecule has 0 aliphatic carbocycles. The van der Waals surface area contributed by atoms with Crippen LogP contribution in [0.5, 0.6) is 5.75 Å². The number of carbonyl (C=O) groups excluding carboxylic acids is 1. The lowest BCUT2D eigenvalue weighted by atomic mass is 10.1. The summed E-state index contributed by atoms with van der Waals surface area (Å²) in [6.45, 7) is 1.88. The second-order valence-electron chi connectivity index (χ2n) is 4.19. The molecule has 0 spiro atoms. The fraction of sp³-hybridized carbons (Fsp3) is 0.200. The van der Waals surface area contributed by atoms with Crippen LogP contribution in [0, 0.1) is 0 Å². The zero-order valence-electron chi connectivity index (χ0n) is 11.0. The maximum atomic E-state index is 11.4. The molecular weight excluding hydrogens is 260 g/mol. The molecule has 1 N–H and O–H groups in total. The van der Waals surface area contributed by atoms with E-state index < -0.39 is 11.6 Å². The Morgan fingerprint density at radius 2 is 2.20 bits per heavy atom. The lowest BCUT2D eigenvalue weighted by molar-refractivity contribution is -0.138. The summed E-state index contributed by atoms with van der Waals surface area (Å²) in [5.41, 5.74) is 0.236. The fourth-order valence-electron chi connectivity index (χ4n) is 1.75. The Hall–Kier alpha value is -2.56. The van der Waals surface area contributed by atoms with Crippen LogP contribution in [0.2, 0.25) is 0 Å². The first-order chi connectivity index (χ1) is 9.60. The highest BCUT2D eigenvalue weighted by Crippen LogP contribution is 2.22. The van der Waals surface area contributed by atoms with Crippen molar-refractivity contribution in [2.45, 2.75) is 20.0 Å². The summed E-state index contributed by atoms with van der Waals surface area (Å²) in [5.74, 6) is -0.465. The van der Waals surface area contributed by atoms with E-state index in [1.54, 1.807) is 12.1 Å². The maximum absolute atomic E-state index is 11.4. The second-order valence-corrected chi connectivity index (χ2v) is 4.19. The molecule has 5 heteroatoms. The van der Waals surface area contributed by atoms with Gasteiger partial charge in [0.05, 0.1) is 0 Å². The standard InChI is InChI=1S/C15H14O5/c1-2-3-4-14(17)19-9-10-7-15(18)20-13-8-11(16)5-6-12(10)13/h3-8,16H,2,9H2,1H3/b4-3+. The third-order valence-electron chi connectivity index (χ3n) is 2.67. The van der Waals surface area contributed by atoms with Gasteiger partial charge < -0.3 is 14.3 Å². The lowest BCUT2D eigenvalue weighted by Gasteiger charge is -2.05. The van der Waals surface area contributed by atoms with Gasteiger partial charge in [-0.2, -0.15) is 0 Å². The number of phenolic OH excluding ortho intramolecular Hbond substituents is 1. The number of hydrogen-bond donors (Lipinski definition) is 1. The van der Waals surface area contributed by atoms with Gasteiger partial charge in [0.15, 0.2) is 0 Å². The van der Waals surface area contributed by atoms with Crippen LogP contribution in [0.25, 0.3) is 11.0 Å². The Bertz CT molecular complexity index is 712. The zero-order valence-corrected chi connectivity index (χ0v) is 11.0. The number of benzene rings is 1. The SMILES string of the molecule is CC/C=C/C(=O)OCc1cc(=O)oc2cc(O)ccc12. The van der Waals surface area contributed by atoms with Gasteiger partial charge in [-0.05, 0) is 18.6 Å². The molecule has 1 heterocycles. The minimum Gasteiger partial charge on any atom is -0.508 e. The van der Waals surface area contributed by atoms with Crippen molar-refractivity contribution in [2.75, 3.05) is 0 Å². The molecule has 0 saturated heterocycles. The normalized spacial score (nSPS) is 11.1. The molecule has 0 unspecified atom stereocenters. The van der Waals surface area contributed by atoms with Crippen LogP contribution in [-0.4, -0.2) is 11.1 Å². The molecule has 5 nitrogen and oxygen atoms in total. The average Bonchev–Trinajstić information content (AvgIpc) is 2.41. The number of aromatic hydroxyl groups is 1. The molecule has 0 saturated carbocycles. The molecule has 2 aromatic rings. The van der Waals surface area contributed by atoms with Gasteiger partial charge in [0, 0.05) is 29.2 Å². The van der Waals surface area contributed by atoms with E-state index >= 15 is 0 Å². The van der Waals surface area contributed by atoms with Gasteiger partial charge in [0.25, 0.3) is 0 Å². The summed E-state index contributed by atoms with van der Waals surface area (Å²) in [6.07, 6.45) is 3.78. The van der Waals surface area contributed by atoms with Gasteiger partial charge in [0.1, 0.15) is 17.9 Å². The van der Waals surface area contributed by atoms with Crippen LogP contribution in [0.3, 0.4) is 0 Å². The Kier molecular flexibility index (Phi) is 4.20. The molecular formula is C15H14O5. The number of allylic oxidation sites excluding steroid dienone is 1. The van der Waals surface area contributed by atoms with Crippen molar-refractivity contribution in [1.82, 2.24) is 0 Å². The smallest absolute Gasteiger partial charge is 0.336 e. The maximum Gasteiger partial charge on any atom is 0.336 e. The molecule has 20 heavy (non-hydrogen) atoms. The minimum atomic E-state index is -0.557. The van der Waals surface area contributed by atoms with E-state index in [1.807, 2.05) is 6.92 Å². The lowest BCUT2D eigenvalue weighted by Crippen LogP contribution is -2.05. The van der Waals surface area contributed by atoms with E-state index in [0.717, 1.165) is 6.42 Å². The van der Waals surface area contributed by atoms with E-state index in [1.165, 1.54) is 24.3 Å². The first-order valence-corrected chi connectivity index (χ1v) is 6.19. The largest absolute Gasteiger partial charge is 0.508 e. The molecule has 0 radical (unpaired) electrons. The van der Waals surface area contributed by atoms with Gasteiger partial charge in [-0.1, -0.05) is 13.0 Å². The molecule has 0 atom stereocenters. The van der Waals surface area contributed by atoms with E-state index in [-0.39, 0.29) is 17.9 Å². The highest BCUT2D eigenvalue weighted by Gasteiger charge is 2.08. The Morgan fingerprint density at radius 3 is 2.95 bits per heavy atom. The van der Waals surface area contributed by atoms with E-state index in [4.69, 9.17) is 9.15 Å². The average molecular weight is 274 g/mol. The van der Waals surface area contributed by atoms with Crippen LogP contribution in [-0.2, 0) is 16.1 Å². The quantitative estimate of drug-likeness (QED) is 0.526. The predicted molar refractivity (Wildman–Crippen MR) is 73.4 cm³/mol. The van der Waals surface area contributed by atoms with Crippen LogP contribution in [0.1, 0.15) is 18.9 Å². The summed E-state index contributed by atoms with van der Waals surface area (Å²) in [7, 11) is 0. The van der Waals surface area contributed by atoms with Crippen LogP contribution in [0.15, 0.2) is 45.6 Å². The number of rotatable bonds is 4. The molecule has 1 aromatic carbocycles. The number of esters is 1. The molecule has 0 amide bonds. The van der Waals surface area contributed by atoms with Gasteiger partial charge in [-0.3, -0.25) is 0 Å². The second kappa shape index (κ2) is 6.06. The van der Waals surface area contributed by atoms with Crippen molar-refractivity contribution in [3.05, 3.63) is 52.4 Å². The molecule has 0 bridgehead atoms. The van der Waals surface area contributed by atoms with E-state index in [2.05, 4.69) is 0 Å². The van der Waals surface area contributed by atoms with Crippen LogP contribution in [0.4, 0.5) is 0 Å². The molecule has 104 valence electrons. The highest BCUT2D eigenvalue weighted by atomic mass is 16.5. The van der Waals surface area contributed by atoms with E-state index in [0.29, 0.717) is 10.9 Å². The molecule has 2 rings (SSSR count). The fourth-order valence-corrected chi connectivity index (χ4v) is 1.75. The van der Waals surface area contributed by atoms with Crippen molar-refractivity contribution in [3.8, 4) is 5.75 Å². The van der Waals surface area contributed by atoms with Crippen LogP contribution >= 0.6 is 0 Å². The number of carbonyl (C=O) groups is 1.